The van der Waals surface area contributed by atoms with Gasteiger partial charge in [-0.2, -0.15) is 15.1 Å². The molecule has 1 spiro atoms. The molecule has 0 bridgehead atoms. The Kier molecular flexibility index (Phi) is 4.41. The van der Waals surface area contributed by atoms with Crippen molar-refractivity contribution >= 4 is 22.8 Å². The summed E-state index contributed by atoms with van der Waals surface area (Å²) in [5.74, 6) is -0.905. The highest BCUT2D eigenvalue weighted by atomic mass is 19.3. The van der Waals surface area contributed by atoms with Gasteiger partial charge in [0.15, 0.2) is 5.65 Å². The first kappa shape index (κ1) is 19.2. The zero-order chi connectivity index (χ0) is 20.9. The van der Waals surface area contributed by atoms with E-state index in [-0.39, 0.29) is 24.3 Å². The zero-order valence-corrected chi connectivity index (χ0v) is 17.2. The Morgan fingerprint density at radius 1 is 1.17 bits per heavy atom. The van der Waals surface area contributed by atoms with E-state index in [0.717, 1.165) is 23.9 Å². The molecule has 3 aromatic rings. The van der Waals surface area contributed by atoms with Gasteiger partial charge in [-0.15, -0.1) is 0 Å². The number of nitrogens with one attached hydrogen (secondary N) is 2. The first-order valence-electron chi connectivity index (χ1n) is 10.5. The summed E-state index contributed by atoms with van der Waals surface area (Å²) in [7, 11) is 1.85. The van der Waals surface area contributed by atoms with Gasteiger partial charge in [-0.1, -0.05) is 37.3 Å². The molecule has 2 aliphatic carbocycles. The summed E-state index contributed by atoms with van der Waals surface area (Å²) in [4.78, 5) is 9.31. The predicted molar refractivity (Wildman–Crippen MR) is 113 cm³/mol. The van der Waals surface area contributed by atoms with E-state index in [2.05, 4.69) is 44.8 Å². The number of nitrogens with zero attached hydrogens (tertiary/aromatic N) is 4. The quantitative estimate of drug-likeness (QED) is 0.621. The van der Waals surface area contributed by atoms with Crippen LogP contribution in [0.2, 0.25) is 0 Å². The lowest BCUT2D eigenvalue weighted by atomic mass is 9.52. The van der Waals surface area contributed by atoms with Crippen molar-refractivity contribution in [1.29, 1.82) is 0 Å². The van der Waals surface area contributed by atoms with Crippen molar-refractivity contribution in [3.8, 4) is 0 Å². The van der Waals surface area contributed by atoms with Gasteiger partial charge in [0, 0.05) is 32.5 Å². The minimum absolute atomic E-state index is 0.0223. The molecule has 2 saturated carbocycles. The molecule has 0 amide bonds. The van der Waals surface area contributed by atoms with E-state index in [4.69, 9.17) is 0 Å². The molecule has 5 rings (SSSR count). The minimum Gasteiger partial charge on any atom is -0.367 e. The highest BCUT2D eigenvalue weighted by Crippen LogP contribution is 2.62. The van der Waals surface area contributed by atoms with Crippen LogP contribution in [-0.4, -0.2) is 38.3 Å². The van der Waals surface area contributed by atoms with Crippen LogP contribution in [0.1, 0.15) is 44.1 Å². The first-order valence-corrected chi connectivity index (χ1v) is 10.5. The average molecular weight is 412 g/mol. The van der Waals surface area contributed by atoms with Crippen molar-refractivity contribution in [2.75, 3.05) is 17.2 Å². The van der Waals surface area contributed by atoms with Gasteiger partial charge in [-0.3, -0.25) is 4.68 Å². The van der Waals surface area contributed by atoms with Crippen LogP contribution in [0, 0.1) is 5.41 Å². The van der Waals surface area contributed by atoms with E-state index in [1.165, 1.54) is 5.56 Å². The third-order valence-corrected chi connectivity index (χ3v) is 6.49. The molecule has 2 heterocycles. The standard InChI is InChI=1S/C22H26F2N6/c1-14(15-6-4-3-5-7-15)10-25-20-28-18(17-11-26-30(2)19(17)29-20)27-16-8-21(9-16)12-22(23,24)13-21/h3-7,11,14,16H,8-10,12-13H2,1-2H3,(H2,25,27,28,29). The largest absolute Gasteiger partial charge is 0.367 e. The number of hydrogen-bond donors (Lipinski definition) is 2. The molecule has 0 aliphatic heterocycles. The second kappa shape index (κ2) is 6.89. The third kappa shape index (κ3) is 3.48. The number of rotatable bonds is 6. The van der Waals surface area contributed by atoms with Crippen molar-refractivity contribution in [3.05, 3.63) is 42.1 Å². The van der Waals surface area contributed by atoms with E-state index in [0.29, 0.717) is 24.2 Å². The summed E-state index contributed by atoms with van der Waals surface area (Å²) in [6.45, 7) is 2.86. The molecular weight excluding hydrogens is 386 g/mol. The van der Waals surface area contributed by atoms with E-state index >= 15 is 0 Å². The van der Waals surface area contributed by atoms with Crippen LogP contribution < -0.4 is 10.6 Å². The van der Waals surface area contributed by atoms with Gasteiger partial charge in [0.2, 0.25) is 11.9 Å². The normalized spacial score (nSPS) is 20.5. The second-order valence-electron chi connectivity index (χ2n) is 9.05. The molecular formula is C22H26F2N6. The Balaban J connectivity index is 1.30. The molecule has 1 aromatic carbocycles. The molecule has 30 heavy (non-hydrogen) atoms. The highest BCUT2D eigenvalue weighted by Gasteiger charge is 2.61. The lowest BCUT2D eigenvalue weighted by Crippen LogP contribution is -2.57. The Bertz CT molecular complexity index is 1050. The molecule has 1 atom stereocenters. The predicted octanol–water partition coefficient (Wildman–Crippen LogP) is 4.57. The van der Waals surface area contributed by atoms with Crippen molar-refractivity contribution in [3.63, 3.8) is 0 Å². The monoisotopic (exact) mass is 412 g/mol. The van der Waals surface area contributed by atoms with Gasteiger partial charge in [0.05, 0.1) is 11.6 Å². The fraction of sp³-hybridized carbons (Fsp3) is 0.500. The molecule has 2 aliphatic rings. The Labute approximate surface area is 174 Å². The van der Waals surface area contributed by atoms with Crippen molar-refractivity contribution in [2.24, 2.45) is 12.5 Å². The molecule has 0 saturated heterocycles. The van der Waals surface area contributed by atoms with Gasteiger partial charge < -0.3 is 10.6 Å². The number of halogens is 2. The number of alkyl halides is 2. The van der Waals surface area contributed by atoms with E-state index < -0.39 is 5.92 Å². The smallest absolute Gasteiger partial charge is 0.249 e. The molecule has 1 unspecified atom stereocenters. The maximum atomic E-state index is 13.3. The van der Waals surface area contributed by atoms with Crippen LogP contribution in [0.4, 0.5) is 20.5 Å². The number of hydrogen-bond acceptors (Lipinski definition) is 5. The van der Waals surface area contributed by atoms with Crippen LogP contribution in [0.3, 0.4) is 0 Å². The number of aryl methyl sites for hydroxylation is 1. The van der Waals surface area contributed by atoms with Gasteiger partial charge in [0.25, 0.3) is 0 Å². The lowest BCUT2D eigenvalue weighted by Gasteiger charge is -2.57. The molecule has 0 radical (unpaired) electrons. The molecule has 2 aromatic heterocycles. The van der Waals surface area contributed by atoms with Crippen LogP contribution in [0.15, 0.2) is 36.5 Å². The summed E-state index contributed by atoms with van der Waals surface area (Å²) in [5, 5.41) is 12.0. The van der Waals surface area contributed by atoms with Gasteiger partial charge >= 0.3 is 0 Å². The van der Waals surface area contributed by atoms with Crippen molar-refractivity contribution in [2.45, 2.75) is 50.5 Å². The lowest BCUT2D eigenvalue weighted by molar-refractivity contribution is -0.193. The topological polar surface area (TPSA) is 67.7 Å². The first-order chi connectivity index (χ1) is 14.3. The molecule has 158 valence electrons. The van der Waals surface area contributed by atoms with Crippen LogP contribution in [0.25, 0.3) is 11.0 Å². The summed E-state index contributed by atoms with van der Waals surface area (Å²) in [5.41, 5.74) is 1.82. The van der Waals surface area contributed by atoms with Gasteiger partial charge in [0.1, 0.15) is 5.82 Å². The van der Waals surface area contributed by atoms with Gasteiger partial charge in [-0.25, -0.2) is 8.78 Å². The van der Waals surface area contributed by atoms with Crippen LogP contribution in [0.5, 0.6) is 0 Å². The fourth-order valence-corrected chi connectivity index (χ4v) is 4.97. The fourth-order valence-electron chi connectivity index (χ4n) is 4.97. The van der Waals surface area contributed by atoms with E-state index in [9.17, 15) is 8.78 Å². The Hall–Kier alpha value is -2.77. The number of anilines is 2. The van der Waals surface area contributed by atoms with E-state index in [1.807, 2.05) is 25.2 Å². The van der Waals surface area contributed by atoms with Crippen molar-refractivity contribution < 1.29 is 8.78 Å². The van der Waals surface area contributed by atoms with Gasteiger partial charge in [-0.05, 0) is 29.7 Å². The minimum atomic E-state index is -2.47. The van der Waals surface area contributed by atoms with E-state index in [1.54, 1.807) is 10.9 Å². The molecule has 6 nitrogen and oxygen atoms in total. The Morgan fingerprint density at radius 3 is 2.60 bits per heavy atom. The SMILES string of the molecule is CC(CNc1nc(NC2CC3(C2)CC(F)(F)C3)c2cnn(C)c2n1)c1ccccc1. The maximum absolute atomic E-state index is 13.3. The number of aromatic nitrogens is 4. The second-order valence-corrected chi connectivity index (χ2v) is 9.05. The molecule has 2 fully saturated rings. The summed E-state index contributed by atoms with van der Waals surface area (Å²) in [6, 6.07) is 10.5. The Morgan fingerprint density at radius 2 is 1.90 bits per heavy atom. The maximum Gasteiger partial charge on any atom is 0.249 e. The number of benzene rings is 1. The number of fused-ring (bicyclic) bond motifs is 1. The summed E-state index contributed by atoms with van der Waals surface area (Å²) in [6.07, 6.45) is 3.33. The summed E-state index contributed by atoms with van der Waals surface area (Å²) >= 11 is 0. The van der Waals surface area contributed by atoms with Crippen LogP contribution in [-0.2, 0) is 7.05 Å². The van der Waals surface area contributed by atoms with Crippen LogP contribution >= 0.6 is 0 Å². The average Bonchev–Trinajstić information content (AvgIpc) is 3.05. The third-order valence-electron chi connectivity index (χ3n) is 6.49. The molecule has 2 N–H and O–H groups in total. The zero-order valence-electron chi connectivity index (χ0n) is 17.2. The van der Waals surface area contributed by atoms with Crippen molar-refractivity contribution in [1.82, 2.24) is 19.7 Å². The molecule has 8 heteroatoms. The summed E-state index contributed by atoms with van der Waals surface area (Å²) < 4.78 is 28.3. The highest BCUT2D eigenvalue weighted by molar-refractivity contribution is 5.87.